The Hall–Kier alpha value is -1.82. The minimum atomic E-state index is 0.435. The van der Waals surface area contributed by atoms with Crippen LogP contribution >= 0.6 is 0 Å². The summed E-state index contributed by atoms with van der Waals surface area (Å²) in [6.07, 6.45) is 1.97. The average Bonchev–Trinajstić information content (AvgIpc) is 2.99. The van der Waals surface area contributed by atoms with Gasteiger partial charge in [0.05, 0.1) is 6.54 Å². The fraction of sp³-hybridized carbons (Fsp3) is 0.625. The van der Waals surface area contributed by atoms with Gasteiger partial charge in [0.2, 0.25) is 0 Å². The highest BCUT2D eigenvalue weighted by Crippen LogP contribution is 2.14. The molecule has 1 aromatic heterocycles. The zero-order valence-electron chi connectivity index (χ0n) is 13.5. The van der Waals surface area contributed by atoms with Gasteiger partial charge in [-0.2, -0.15) is 0 Å². The minimum absolute atomic E-state index is 0.435. The number of aliphatic imine (C=N–C) groups is 1. The number of guanidine groups is 1. The van der Waals surface area contributed by atoms with Gasteiger partial charge >= 0.3 is 0 Å². The predicted octanol–water partition coefficient (Wildman–Crippen LogP) is 0.661. The number of hydrogen-bond donors (Lipinski definition) is 2. The lowest BCUT2D eigenvalue weighted by Gasteiger charge is -2.34. The lowest BCUT2D eigenvalue weighted by molar-refractivity contribution is 0.270. The van der Waals surface area contributed by atoms with E-state index in [9.17, 15) is 0 Å². The Balaban J connectivity index is 1.50. The third kappa shape index (κ3) is 3.68. The van der Waals surface area contributed by atoms with E-state index in [0.29, 0.717) is 6.04 Å². The van der Waals surface area contributed by atoms with Gasteiger partial charge in [0.25, 0.3) is 0 Å². The zero-order valence-corrected chi connectivity index (χ0v) is 13.5. The molecule has 0 saturated carbocycles. The minimum Gasteiger partial charge on any atom is -0.354 e. The van der Waals surface area contributed by atoms with Crippen LogP contribution in [0.5, 0.6) is 0 Å². The van der Waals surface area contributed by atoms with Gasteiger partial charge in [-0.1, -0.05) is 13.0 Å². The SMILES string of the molecule is CCN1CCN(c2ccc(CNC3=NCC(C)N3)cn2)CC1. The van der Waals surface area contributed by atoms with Crippen LogP contribution in [-0.2, 0) is 6.54 Å². The van der Waals surface area contributed by atoms with Crippen LogP contribution in [0, 0.1) is 0 Å². The molecule has 1 unspecified atom stereocenters. The van der Waals surface area contributed by atoms with Gasteiger partial charge < -0.3 is 20.4 Å². The van der Waals surface area contributed by atoms with Crippen LogP contribution in [0.25, 0.3) is 0 Å². The van der Waals surface area contributed by atoms with Crippen LogP contribution in [0.4, 0.5) is 5.82 Å². The highest BCUT2D eigenvalue weighted by atomic mass is 15.3. The highest BCUT2D eigenvalue weighted by Gasteiger charge is 2.16. The summed E-state index contributed by atoms with van der Waals surface area (Å²) in [5, 5.41) is 6.62. The van der Waals surface area contributed by atoms with Gasteiger partial charge in [-0.05, 0) is 25.1 Å². The van der Waals surface area contributed by atoms with E-state index < -0.39 is 0 Å². The number of likely N-dealkylation sites (N-methyl/N-ethyl adjacent to an activating group) is 1. The van der Waals surface area contributed by atoms with E-state index in [1.807, 2.05) is 6.20 Å². The fourth-order valence-electron chi connectivity index (χ4n) is 2.85. The Kier molecular flexibility index (Phi) is 4.77. The van der Waals surface area contributed by atoms with Crippen LogP contribution < -0.4 is 15.5 Å². The number of piperazine rings is 1. The Labute approximate surface area is 132 Å². The van der Waals surface area contributed by atoms with Crippen LogP contribution in [0.15, 0.2) is 23.3 Å². The van der Waals surface area contributed by atoms with E-state index >= 15 is 0 Å². The summed E-state index contributed by atoms with van der Waals surface area (Å²) in [5.41, 5.74) is 1.18. The Morgan fingerprint density at radius 3 is 2.68 bits per heavy atom. The maximum atomic E-state index is 4.62. The molecule has 0 bridgehead atoms. The van der Waals surface area contributed by atoms with Gasteiger partial charge in [-0.15, -0.1) is 0 Å². The van der Waals surface area contributed by atoms with Crippen molar-refractivity contribution in [2.45, 2.75) is 26.4 Å². The van der Waals surface area contributed by atoms with Crippen molar-refractivity contribution in [3.8, 4) is 0 Å². The molecule has 1 aromatic rings. The average molecular weight is 302 g/mol. The van der Waals surface area contributed by atoms with Crippen molar-refractivity contribution in [1.29, 1.82) is 0 Å². The molecule has 6 nitrogen and oxygen atoms in total. The third-order valence-electron chi connectivity index (χ3n) is 4.32. The topological polar surface area (TPSA) is 55.8 Å². The van der Waals surface area contributed by atoms with Crippen LogP contribution in [-0.4, -0.2) is 61.2 Å². The third-order valence-corrected chi connectivity index (χ3v) is 4.32. The molecule has 2 N–H and O–H groups in total. The van der Waals surface area contributed by atoms with Crippen molar-refractivity contribution < 1.29 is 0 Å². The first-order valence-electron chi connectivity index (χ1n) is 8.21. The van der Waals surface area contributed by atoms with Crippen molar-refractivity contribution in [1.82, 2.24) is 20.5 Å². The van der Waals surface area contributed by atoms with Crippen molar-refractivity contribution in [2.24, 2.45) is 4.99 Å². The molecule has 2 aliphatic heterocycles. The number of nitrogens with zero attached hydrogens (tertiary/aromatic N) is 4. The second-order valence-corrected chi connectivity index (χ2v) is 6.03. The fourth-order valence-corrected chi connectivity index (χ4v) is 2.85. The largest absolute Gasteiger partial charge is 0.354 e. The highest BCUT2D eigenvalue weighted by molar-refractivity contribution is 5.81. The summed E-state index contributed by atoms with van der Waals surface area (Å²) >= 11 is 0. The molecule has 2 aliphatic rings. The van der Waals surface area contributed by atoms with Crippen LogP contribution in [0.2, 0.25) is 0 Å². The monoisotopic (exact) mass is 302 g/mol. The number of pyridine rings is 1. The molecule has 1 saturated heterocycles. The van der Waals surface area contributed by atoms with E-state index in [0.717, 1.165) is 57.6 Å². The van der Waals surface area contributed by atoms with Crippen molar-refractivity contribution in [2.75, 3.05) is 44.2 Å². The maximum absolute atomic E-state index is 4.62. The molecular formula is C16H26N6. The molecule has 3 heterocycles. The lowest BCUT2D eigenvalue weighted by Crippen LogP contribution is -2.46. The molecule has 6 heteroatoms. The maximum Gasteiger partial charge on any atom is 0.191 e. The first kappa shape index (κ1) is 15.1. The van der Waals surface area contributed by atoms with Gasteiger partial charge in [0.1, 0.15) is 5.82 Å². The quantitative estimate of drug-likeness (QED) is 0.856. The Bertz CT molecular complexity index is 504. The number of aromatic nitrogens is 1. The number of nitrogens with one attached hydrogen (secondary N) is 2. The Morgan fingerprint density at radius 1 is 1.27 bits per heavy atom. The van der Waals surface area contributed by atoms with Crippen molar-refractivity contribution >= 4 is 11.8 Å². The molecule has 3 rings (SSSR count). The standard InChI is InChI=1S/C16H26N6/c1-3-21-6-8-22(9-7-21)15-5-4-14(11-17-15)12-19-16-18-10-13(2)20-16/h4-5,11,13H,3,6-10,12H2,1-2H3,(H2,18,19,20). The summed E-state index contributed by atoms with van der Waals surface area (Å²) in [4.78, 5) is 13.9. The van der Waals surface area contributed by atoms with Crippen molar-refractivity contribution in [3.05, 3.63) is 23.9 Å². The van der Waals surface area contributed by atoms with Gasteiger partial charge in [0, 0.05) is 45.0 Å². The number of anilines is 1. The first-order chi connectivity index (χ1) is 10.7. The smallest absolute Gasteiger partial charge is 0.191 e. The first-order valence-corrected chi connectivity index (χ1v) is 8.21. The number of hydrogen-bond acceptors (Lipinski definition) is 6. The van der Waals surface area contributed by atoms with Crippen molar-refractivity contribution in [3.63, 3.8) is 0 Å². The summed E-state index contributed by atoms with van der Waals surface area (Å²) in [6.45, 7) is 11.5. The van der Waals surface area contributed by atoms with Gasteiger partial charge in [-0.3, -0.25) is 4.99 Å². The van der Waals surface area contributed by atoms with E-state index in [1.54, 1.807) is 0 Å². The second kappa shape index (κ2) is 6.96. The van der Waals surface area contributed by atoms with E-state index in [2.05, 4.69) is 56.4 Å². The van der Waals surface area contributed by atoms with Gasteiger partial charge in [-0.25, -0.2) is 4.98 Å². The second-order valence-electron chi connectivity index (χ2n) is 6.03. The molecule has 0 aromatic carbocycles. The van der Waals surface area contributed by atoms with Crippen LogP contribution in [0.3, 0.4) is 0 Å². The Morgan fingerprint density at radius 2 is 2.09 bits per heavy atom. The zero-order chi connectivity index (χ0) is 15.4. The summed E-state index contributed by atoms with van der Waals surface area (Å²) in [5.74, 6) is 1.98. The van der Waals surface area contributed by atoms with E-state index in [-0.39, 0.29) is 0 Å². The molecule has 0 aliphatic carbocycles. The van der Waals surface area contributed by atoms with Gasteiger partial charge in [0.15, 0.2) is 5.96 Å². The molecule has 1 fully saturated rings. The summed E-state index contributed by atoms with van der Waals surface area (Å²) < 4.78 is 0. The summed E-state index contributed by atoms with van der Waals surface area (Å²) in [7, 11) is 0. The molecule has 120 valence electrons. The molecule has 0 amide bonds. The molecule has 0 spiro atoms. The van der Waals surface area contributed by atoms with Crippen LogP contribution in [0.1, 0.15) is 19.4 Å². The van der Waals surface area contributed by atoms with E-state index in [4.69, 9.17) is 0 Å². The normalized spacial score (nSPS) is 22.4. The molecule has 22 heavy (non-hydrogen) atoms. The molecular weight excluding hydrogens is 276 g/mol. The predicted molar refractivity (Wildman–Crippen MR) is 90.3 cm³/mol. The molecule has 1 atom stereocenters. The summed E-state index contributed by atoms with van der Waals surface area (Å²) in [6, 6.07) is 4.72. The molecule has 0 radical (unpaired) electrons. The number of rotatable bonds is 4. The van der Waals surface area contributed by atoms with E-state index in [1.165, 1.54) is 5.56 Å². The lowest BCUT2D eigenvalue weighted by atomic mass is 10.2.